The number of aryl methyl sites for hydroxylation is 2. The molecule has 0 heterocycles. The standard InChI is InChI=1S/C28H18Cl4O4/c29-21-9-14-8-20(27(35)23(31)10-14)19-7-13(2-6-24(19)33)1-3-15-11-25(34)22(30)12-18(15)16-4-5-17(21)26(32)28(16)36/h2,4-12,33-36H,1,3H2. The number of rotatable bonds is 0. The van der Waals surface area contributed by atoms with Crippen molar-refractivity contribution in [2.24, 2.45) is 0 Å². The second-order valence-corrected chi connectivity index (χ2v) is 10.1. The van der Waals surface area contributed by atoms with E-state index < -0.39 is 0 Å². The van der Waals surface area contributed by atoms with E-state index in [2.05, 4.69) is 0 Å². The molecule has 6 bridgehead atoms. The second-order valence-electron chi connectivity index (χ2n) is 8.53. The average molecular weight is 560 g/mol. The van der Waals surface area contributed by atoms with Gasteiger partial charge in [-0.2, -0.15) is 0 Å². The van der Waals surface area contributed by atoms with Gasteiger partial charge in [-0.15, -0.1) is 0 Å². The van der Waals surface area contributed by atoms with Crippen molar-refractivity contribution in [2.75, 3.05) is 0 Å². The Bertz CT molecular complexity index is 1580. The van der Waals surface area contributed by atoms with Gasteiger partial charge in [0.2, 0.25) is 0 Å². The predicted molar refractivity (Wildman–Crippen MR) is 147 cm³/mol. The maximum atomic E-state index is 11.0. The van der Waals surface area contributed by atoms with Crippen molar-refractivity contribution >= 4 is 57.5 Å². The first-order valence-electron chi connectivity index (χ1n) is 10.9. The summed E-state index contributed by atoms with van der Waals surface area (Å²) < 4.78 is 0. The Balaban J connectivity index is 1.82. The first-order valence-corrected chi connectivity index (χ1v) is 12.4. The van der Waals surface area contributed by atoms with Crippen LogP contribution >= 0.6 is 46.4 Å². The Morgan fingerprint density at radius 1 is 0.556 bits per heavy atom. The highest BCUT2D eigenvalue weighted by atomic mass is 35.5. The number of halogens is 4. The van der Waals surface area contributed by atoms with Gasteiger partial charge in [0.25, 0.3) is 0 Å². The summed E-state index contributed by atoms with van der Waals surface area (Å²) in [6.45, 7) is 0. The lowest BCUT2D eigenvalue weighted by Gasteiger charge is -2.17. The highest BCUT2D eigenvalue weighted by molar-refractivity contribution is 6.53. The molecule has 4 nitrogen and oxygen atoms in total. The van der Waals surface area contributed by atoms with Crippen LogP contribution in [-0.4, -0.2) is 20.4 Å². The molecule has 4 aromatic rings. The number of phenols is 4. The summed E-state index contributed by atoms with van der Waals surface area (Å²) in [6, 6.07) is 14.8. The molecule has 0 aromatic heterocycles. The van der Waals surface area contributed by atoms with E-state index in [-0.39, 0.29) is 43.1 Å². The first kappa shape index (κ1) is 24.7. The van der Waals surface area contributed by atoms with Gasteiger partial charge < -0.3 is 20.4 Å². The third-order valence-corrected chi connectivity index (χ3v) is 7.54. The third-order valence-electron chi connectivity index (χ3n) is 6.25. The number of aromatic hydroxyl groups is 4. The summed E-state index contributed by atoms with van der Waals surface area (Å²) >= 11 is 25.7. The summed E-state index contributed by atoms with van der Waals surface area (Å²) in [4.78, 5) is 0. The molecule has 0 atom stereocenters. The number of fused-ring (bicyclic) bond motifs is 3. The van der Waals surface area contributed by atoms with Crippen LogP contribution < -0.4 is 0 Å². The largest absolute Gasteiger partial charge is 0.507 e. The van der Waals surface area contributed by atoms with Crippen LogP contribution in [0.25, 0.3) is 33.4 Å². The summed E-state index contributed by atoms with van der Waals surface area (Å²) in [5.74, 6) is -0.456. The van der Waals surface area contributed by atoms with Gasteiger partial charge in [-0.25, -0.2) is 0 Å². The molecule has 36 heavy (non-hydrogen) atoms. The minimum Gasteiger partial charge on any atom is -0.507 e. The fraction of sp³-hybridized carbons (Fsp3) is 0.0714. The van der Waals surface area contributed by atoms with E-state index in [0.29, 0.717) is 46.2 Å². The van der Waals surface area contributed by atoms with Crippen LogP contribution in [0.15, 0.2) is 54.6 Å². The van der Waals surface area contributed by atoms with Crippen LogP contribution in [-0.2, 0) is 12.8 Å². The van der Waals surface area contributed by atoms with Crippen molar-refractivity contribution in [3.8, 4) is 45.3 Å². The smallest absolute Gasteiger partial charge is 0.142 e. The Hall–Kier alpha value is -3.02. The first-order chi connectivity index (χ1) is 17.1. The summed E-state index contributed by atoms with van der Waals surface area (Å²) in [5, 5.41) is 43.1. The van der Waals surface area contributed by atoms with Gasteiger partial charge in [0.15, 0.2) is 0 Å². The van der Waals surface area contributed by atoms with Crippen molar-refractivity contribution in [3.05, 3.63) is 91.9 Å². The lowest BCUT2D eigenvalue weighted by Crippen LogP contribution is -1.97. The van der Waals surface area contributed by atoms with E-state index in [1.54, 1.807) is 60.7 Å². The summed E-state index contributed by atoms with van der Waals surface area (Å²) in [7, 11) is 0. The molecule has 0 amide bonds. The van der Waals surface area contributed by atoms with Gasteiger partial charge in [-0.05, 0) is 83.6 Å². The molecule has 0 saturated carbocycles. The van der Waals surface area contributed by atoms with Crippen molar-refractivity contribution in [1.29, 1.82) is 0 Å². The summed E-state index contributed by atoms with van der Waals surface area (Å²) in [5.41, 5.74) is 4.33. The maximum Gasteiger partial charge on any atom is 0.142 e. The minimum atomic E-state index is -0.177. The molecule has 0 spiro atoms. The highest BCUT2D eigenvalue weighted by Crippen LogP contribution is 2.46. The molecule has 6 rings (SSSR count). The second kappa shape index (κ2) is 9.45. The van der Waals surface area contributed by atoms with E-state index >= 15 is 0 Å². The zero-order valence-corrected chi connectivity index (χ0v) is 21.5. The zero-order valence-electron chi connectivity index (χ0n) is 18.5. The van der Waals surface area contributed by atoms with Crippen LogP contribution in [0.4, 0.5) is 0 Å². The maximum absolute atomic E-state index is 11.0. The van der Waals surface area contributed by atoms with Crippen molar-refractivity contribution in [2.45, 2.75) is 12.8 Å². The normalized spacial score (nSPS) is 12.8. The van der Waals surface area contributed by atoms with Crippen LogP contribution in [0.2, 0.25) is 15.1 Å². The molecular weight excluding hydrogens is 542 g/mol. The van der Waals surface area contributed by atoms with Crippen LogP contribution in [0, 0.1) is 0 Å². The summed E-state index contributed by atoms with van der Waals surface area (Å²) in [6.07, 6.45) is 2.59. The topological polar surface area (TPSA) is 80.9 Å². The number of hydrogen-bond acceptors (Lipinski definition) is 4. The van der Waals surface area contributed by atoms with Crippen LogP contribution in [0.1, 0.15) is 22.3 Å². The number of hydrogen-bond donors (Lipinski definition) is 4. The Morgan fingerprint density at radius 2 is 1.31 bits per heavy atom. The Morgan fingerprint density at radius 3 is 2.08 bits per heavy atom. The van der Waals surface area contributed by atoms with Crippen molar-refractivity contribution in [1.82, 2.24) is 0 Å². The molecular formula is C28H18Cl4O4. The van der Waals surface area contributed by atoms with Gasteiger partial charge in [0.05, 0.1) is 20.1 Å². The van der Waals surface area contributed by atoms with Gasteiger partial charge in [-0.3, -0.25) is 0 Å². The molecule has 0 aliphatic heterocycles. The number of benzene rings is 4. The lowest BCUT2D eigenvalue weighted by atomic mass is 9.92. The molecule has 0 unspecified atom stereocenters. The van der Waals surface area contributed by atoms with Crippen molar-refractivity contribution < 1.29 is 20.4 Å². The van der Waals surface area contributed by atoms with E-state index in [1.807, 2.05) is 0 Å². The lowest BCUT2D eigenvalue weighted by molar-refractivity contribution is 0.469. The highest BCUT2D eigenvalue weighted by Gasteiger charge is 2.20. The van der Waals surface area contributed by atoms with Crippen molar-refractivity contribution in [3.63, 3.8) is 0 Å². The molecule has 2 aliphatic rings. The van der Waals surface area contributed by atoms with Crippen LogP contribution in [0.3, 0.4) is 0 Å². The molecule has 4 aromatic carbocycles. The van der Waals surface area contributed by atoms with Gasteiger partial charge in [-0.1, -0.05) is 58.5 Å². The van der Waals surface area contributed by atoms with Gasteiger partial charge in [0.1, 0.15) is 23.0 Å². The van der Waals surface area contributed by atoms with E-state index in [0.717, 1.165) is 11.1 Å². The molecule has 0 fully saturated rings. The fourth-order valence-electron chi connectivity index (χ4n) is 4.40. The predicted octanol–water partition coefficient (Wildman–Crippen LogP) is 8.64. The molecule has 0 radical (unpaired) electrons. The number of phenolic OH excluding ortho intramolecular Hbond substituents is 4. The van der Waals surface area contributed by atoms with Gasteiger partial charge in [0, 0.05) is 22.3 Å². The molecule has 182 valence electrons. The fourth-order valence-corrected chi connectivity index (χ4v) is 5.39. The Labute approximate surface area is 227 Å². The quantitative estimate of drug-likeness (QED) is 0.174. The monoisotopic (exact) mass is 558 g/mol. The molecule has 0 saturated heterocycles. The third kappa shape index (κ3) is 4.35. The zero-order chi connectivity index (χ0) is 25.7. The molecule has 4 N–H and O–H groups in total. The van der Waals surface area contributed by atoms with E-state index in [9.17, 15) is 20.4 Å². The van der Waals surface area contributed by atoms with Crippen LogP contribution in [0.5, 0.6) is 23.0 Å². The Kier molecular flexibility index (Phi) is 6.48. The van der Waals surface area contributed by atoms with E-state index in [1.165, 1.54) is 0 Å². The van der Waals surface area contributed by atoms with E-state index in [4.69, 9.17) is 46.4 Å². The SMILES string of the molecule is Oc1cc2c(cc1Cl)-c1ccc(c(Cl)c1O)C(Cl)=Cc1cc(Cl)c(O)c(c1)-c1cc(ccc1O)CC2. The molecule has 2 aliphatic carbocycles. The van der Waals surface area contributed by atoms with Gasteiger partial charge >= 0.3 is 0 Å². The minimum absolute atomic E-state index is 0.0221. The molecule has 8 heteroatoms. The average Bonchev–Trinajstić information content (AvgIpc) is 2.84.